The summed E-state index contributed by atoms with van der Waals surface area (Å²) in [6.45, 7) is 8.06. The number of ether oxygens (including phenoxy) is 1. The second-order valence-corrected chi connectivity index (χ2v) is 6.40. The molecule has 2 aliphatic rings. The van der Waals surface area contributed by atoms with Crippen molar-refractivity contribution < 1.29 is 18.3 Å². The zero-order valence-electron chi connectivity index (χ0n) is 15.5. The molecule has 1 aromatic carbocycles. The van der Waals surface area contributed by atoms with Gasteiger partial charge in [-0.3, -0.25) is 4.79 Å². The van der Waals surface area contributed by atoms with Crippen molar-refractivity contribution in [1.82, 2.24) is 0 Å². The standard InChI is InChI=1S/C19H21F2NO2.C2H6/c1-2-17(23)22-16-11-14(18-15(12-16)7-10-24-18)4-3-13-5-8-19(20,21)9-6-13;1-2/h2-4,11-13H,1,5-10H2,(H,22,23);1-2H3/b4-3+;. The molecule has 1 aromatic rings. The SMILES string of the molecule is C=CC(=O)Nc1cc(/C=C/C2CCC(F)(F)CC2)c2c(c1)CCO2.CC. The Bertz CT molecular complexity index is 673. The lowest BCUT2D eigenvalue weighted by Crippen LogP contribution is -2.23. The minimum absolute atomic E-state index is 0.0496. The van der Waals surface area contributed by atoms with Crippen molar-refractivity contribution in [2.24, 2.45) is 5.92 Å². The largest absolute Gasteiger partial charge is 0.492 e. The van der Waals surface area contributed by atoms with Gasteiger partial charge in [0.1, 0.15) is 5.75 Å². The first-order valence-corrected chi connectivity index (χ1v) is 9.26. The van der Waals surface area contributed by atoms with Gasteiger partial charge in [-0.15, -0.1) is 0 Å². The fraction of sp³-hybridized carbons (Fsp3) is 0.476. The molecular formula is C21H27F2NO2. The van der Waals surface area contributed by atoms with Crippen LogP contribution in [0, 0.1) is 5.92 Å². The molecule has 1 aliphatic carbocycles. The van der Waals surface area contributed by atoms with Gasteiger partial charge < -0.3 is 10.1 Å². The maximum atomic E-state index is 13.2. The molecule has 1 fully saturated rings. The molecule has 0 spiro atoms. The predicted octanol–water partition coefficient (Wildman–Crippen LogP) is 5.61. The fourth-order valence-electron chi connectivity index (χ4n) is 3.22. The summed E-state index contributed by atoms with van der Waals surface area (Å²) >= 11 is 0. The van der Waals surface area contributed by atoms with Crippen LogP contribution in [0.1, 0.15) is 50.7 Å². The van der Waals surface area contributed by atoms with Crippen molar-refractivity contribution in [2.75, 3.05) is 11.9 Å². The maximum absolute atomic E-state index is 13.2. The number of carbonyl (C=O) groups excluding carboxylic acids is 1. The Morgan fingerprint density at radius 3 is 2.65 bits per heavy atom. The first-order chi connectivity index (χ1) is 12.5. The minimum Gasteiger partial charge on any atom is -0.492 e. The third-order valence-electron chi connectivity index (χ3n) is 4.58. The Morgan fingerprint density at radius 1 is 1.31 bits per heavy atom. The lowest BCUT2D eigenvalue weighted by atomic mass is 9.86. The van der Waals surface area contributed by atoms with Crippen molar-refractivity contribution in [3.05, 3.63) is 42.0 Å². The first-order valence-electron chi connectivity index (χ1n) is 9.26. The Kier molecular flexibility index (Phi) is 6.95. The Morgan fingerprint density at radius 2 is 2.00 bits per heavy atom. The van der Waals surface area contributed by atoms with Crippen LogP contribution in [0.3, 0.4) is 0 Å². The molecular weight excluding hydrogens is 336 g/mol. The van der Waals surface area contributed by atoms with Gasteiger partial charge in [-0.25, -0.2) is 8.78 Å². The van der Waals surface area contributed by atoms with Crippen LogP contribution in [0.25, 0.3) is 6.08 Å². The Labute approximate surface area is 154 Å². The lowest BCUT2D eigenvalue weighted by Gasteiger charge is -2.26. The summed E-state index contributed by atoms with van der Waals surface area (Å²) in [7, 11) is 0. The zero-order chi connectivity index (χ0) is 19.2. The average molecular weight is 363 g/mol. The Balaban J connectivity index is 0.00000117. The molecule has 3 rings (SSSR count). The van der Waals surface area contributed by atoms with Crippen LogP contribution < -0.4 is 10.1 Å². The van der Waals surface area contributed by atoms with E-state index in [0.717, 1.165) is 23.3 Å². The van der Waals surface area contributed by atoms with E-state index in [1.807, 2.05) is 38.1 Å². The van der Waals surface area contributed by atoms with Crippen molar-refractivity contribution in [3.8, 4) is 5.75 Å². The highest BCUT2D eigenvalue weighted by Crippen LogP contribution is 2.38. The van der Waals surface area contributed by atoms with Crippen LogP contribution in [-0.2, 0) is 11.2 Å². The number of anilines is 1. The van der Waals surface area contributed by atoms with E-state index >= 15 is 0 Å². The van der Waals surface area contributed by atoms with Crippen molar-refractivity contribution in [2.45, 2.75) is 51.9 Å². The van der Waals surface area contributed by atoms with Gasteiger partial charge in [-0.2, -0.15) is 0 Å². The minimum atomic E-state index is -2.51. The van der Waals surface area contributed by atoms with Crippen LogP contribution in [-0.4, -0.2) is 18.4 Å². The molecule has 0 saturated heterocycles. The molecule has 142 valence electrons. The smallest absolute Gasteiger partial charge is 0.248 e. The van der Waals surface area contributed by atoms with Gasteiger partial charge in [0.05, 0.1) is 6.61 Å². The van der Waals surface area contributed by atoms with E-state index < -0.39 is 5.92 Å². The molecule has 0 unspecified atom stereocenters. The first kappa shape index (κ1) is 20.1. The maximum Gasteiger partial charge on any atom is 0.248 e. The van der Waals surface area contributed by atoms with Gasteiger partial charge in [0.15, 0.2) is 0 Å². The second-order valence-electron chi connectivity index (χ2n) is 6.40. The number of nitrogens with one attached hydrogen (secondary N) is 1. The van der Waals surface area contributed by atoms with Crippen LogP contribution in [0.5, 0.6) is 5.75 Å². The third kappa shape index (κ3) is 5.16. The van der Waals surface area contributed by atoms with E-state index in [2.05, 4.69) is 11.9 Å². The molecule has 0 aromatic heterocycles. The zero-order valence-corrected chi connectivity index (χ0v) is 15.5. The number of benzene rings is 1. The van der Waals surface area contributed by atoms with Gasteiger partial charge in [0, 0.05) is 36.1 Å². The molecule has 0 atom stereocenters. The normalized spacial score (nSPS) is 18.5. The molecule has 1 heterocycles. The van der Waals surface area contributed by atoms with Gasteiger partial charge in [-0.1, -0.05) is 32.6 Å². The second kappa shape index (κ2) is 8.97. The molecule has 0 bridgehead atoms. The molecule has 0 radical (unpaired) electrons. The van der Waals surface area contributed by atoms with Crippen molar-refractivity contribution in [1.29, 1.82) is 0 Å². The summed E-state index contributed by atoms with van der Waals surface area (Å²) in [5.41, 5.74) is 2.62. The number of fused-ring (bicyclic) bond motifs is 1. The van der Waals surface area contributed by atoms with Crippen LogP contribution in [0.2, 0.25) is 0 Å². The lowest BCUT2D eigenvalue weighted by molar-refractivity contribution is -0.111. The summed E-state index contributed by atoms with van der Waals surface area (Å²) in [5, 5.41) is 2.76. The van der Waals surface area contributed by atoms with E-state index in [1.54, 1.807) is 0 Å². The summed E-state index contributed by atoms with van der Waals surface area (Å²) < 4.78 is 32.2. The number of rotatable bonds is 4. The molecule has 5 heteroatoms. The number of hydrogen-bond acceptors (Lipinski definition) is 2. The molecule has 1 N–H and O–H groups in total. The van der Waals surface area contributed by atoms with Gasteiger partial charge >= 0.3 is 0 Å². The average Bonchev–Trinajstić information content (AvgIpc) is 3.11. The number of carbonyl (C=O) groups is 1. The highest BCUT2D eigenvalue weighted by atomic mass is 19.3. The number of hydrogen-bond donors (Lipinski definition) is 1. The fourth-order valence-corrected chi connectivity index (χ4v) is 3.22. The molecule has 26 heavy (non-hydrogen) atoms. The van der Waals surface area contributed by atoms with E-state index in [4.69, 9.17) is 4.74 Å². The van der Waals surface area contributed by atoms with Crippen LogP contribution in [0.15, 0.2) is 30.9 Å². The number of allylic oxidation sites excluding steroid dienone is 1. The number of halogens is 2. The summed E-state index contributed by atoms with van der Waals surface area (Å²) in [6.07, 6.45) is 6.84. The third-order valence-corrected chi connectivity index (χ3v) is 4.58. The summed E-state index contributed by atoms with van der Waals surface area (Å²) in [5.74, 6) is -1.79. The Hall–Kier alpha value is -2.17. The van der Waals surface area contributed by atoms with Gasteiger partial charge in [0.25, 0.3) is 0 Å². The van der Waals surface area contributed by atoms with E-state index in [9.17, 15) is 13.6 Å². The molecule has 1 aliphatic heterocycles. The van der Waals surface area contributed by atoms with Gasteiger partial charge in [-0.05, 0) is 37.0 Å². The van der Waals surface area contributed by atoms with Crippen LogP contribution in [0.4, 0.5) is 14.5 Å². The van der Waals surface area contributed by atoms with Crippen molar-refractivity contribution >= 4 is 17.7 Å². The van der Waals surface area contributed by atoms with E-state index in [-0.39, 0.29) is 24.7 Å². The van der Waals surface area contributed by atoms with Crippen LogP contribution >= 0.6 is 0 Å². The summed E-state index contributed by atoms with van der Waals surface area (Å²) in [6, 6.07) is 3.75. The van der Waals surface area contributed by atoms with Gasteiger partial charge in [0.2, 0.25) is 11.8 Å². The molecule has 3 nitrogen and oxygen atoms in total. The van der Waals surface area contributed by atoms with E-state index in [1.165, 1.54) is 6.08 Å². The van der Waals surface area contributed by atoms with Crippen molar-refractivity contribution in [3.63, 3.8) is 0 Å². The monoisotopic (exact) mass is 363 g/mol. The highest BCUT2D eigenvalue weighted by molar-refractivity contribution is 5.99. The molecule has 1 saturated carbocycles. The van der Waals surface area contributed by atoms with E-state index in [0.29, 0.717) is 25.1 Å². The highest BCUT2D eigenvalue weighted by Gasteiger charge is 2.34. The number of amides is 1. The summed E-state index contributed by atoms with van der Waals surface area (Å²) in [4.78, 5) is 11.5. The molecule has 1 amide bonds. The number of alkyl halides is 2. The topological polar surface area (TPSA) is 38.3 Å². The quantitative estimate of drug-likeness (QED) is 0.706. The predicted molar refractivity (Wildman–Crippen MR) is 102 cm³/mol.